The van der Waals surface area contributed by atoms with Gasteiger partial charge in [0.25, 0.3) is 0 Å². The fourth-order valence-corrected chi connectivity index (χ4v) is 3.69. The van der Waals surface area contributed by atoms with Gasteiger partial charge in [-0.05, 0) is 48.3 Å². The van der Waals surface area contributed by atoms with Gasteiger partial charge in [0.1, 0.15) is 16.5 Å². The number of hydrogen-bond donors (Lipinski definition) is 1. The number of nitriles is 1. The highest BCUT2D eigenvalue weighted by Gasteiger charge is 2.25. The van der Waals surface area contributed by atoms with Crippen molar-refractivity contribution < 1.29 is 0 Å². The van der Waals surface area contributed by atoms with E-state index in [1.54, 1.807) is 4.57 Å². The van der Waals surface area contributed by atoms with E-state index >= 15 is 0 Å². The number of nitrogens with zero attached hydrogens (tertiary/aromatic N) is 2. The summed E-state index contributed by atoms with van der Waals surface area (Å²) in [5.74, 6) is 1.07. The van der Waals surface area contributed by atoms with Gasteiger partial charge in [0.2, 0.25) is 0 Å². The van der Waals surface area contributed by atoms with Crippen LogP contribution >= 0.6 is 12.2 Å². The maximum absolute atomic E-state index is 9.41. The molecule has 3 nitrogen and oxygen atoms in total. The molecule has 4 heteroatoms. The summed E-state index contributed by atoms with van der Waals surface area (Å²) in [6.45, 7) is 0. The topological polar surface area (TPSA) is 54.7 Å². The Hall–Kier alpha value is -2.12. The predicted molar refractivity (Wildman–Crippen MR) is 91.0 cm³/mol. The van der Waals surface area contributed by atoms with Crippen LogP contribution in [-0.4, -0.2) is 4.57 Å². The number of nitrogens with two attached hydrogens (primary N) is 1. The molecule has 2 N–H and O–H groups in total. The maximum atomic E-state index is 9.41. The molecule has 1 atom stereocenters. The molecule has 2 aromatic rings. The first-order valence-electron chi connectivity index (χ1n) is 7.56. The van der Waals surface area contributed by atoms with Gasteiger partial charge < -0.3 is 10.3 Å². The Kier molecular flexibility index (Phi) is 4.00. The highest BCUT2D eigenvalue weighted by Crippen LogP contribution is 2.33. The minimum absolute atomic E-state index is 0.493. The van der Waals surface area contributed by atoms with E-state index in [1.165, 1.54) is 5.56 Å². The van der Waals surface area contributed by atoms with Crippen molar-refractivity contribution in [3.8, 4) is 6.07 Å². The summed E-state index contributed by atoms with van der Waals surface area (Å²) in [6.07, 6.45) is 3.97. The molecule has 3 rings (SSSR count). The lowest BCUT2D eigenvalue weighted by atomic mass is 9.80. The summed E-state index contributed by atoms with van der Waals surface area (Å²) in [4.78, 5) is 0. The van der Waals surface area contributed by atoms with Crippen LogP contribution in [0.25, 0.3) is 0 Å². The van der Waals surface area contributed by atoms with Crippen LogP contribution in [0.15, 0.2) is 30.3 Å². The van der Waals surface area contributed by atoms with Gasteiger partial charge >= 0.3 is 0 Å². The second-order valence-electron chi connectivity index (χ2n) is 5.99. The first-order chi connectivity index (χ1) is 10.6. The second-order valence-corrected chi connectivity index (χ2v) is 6.38. The molecule has 0 aliphatic heterocycles. The van der Waals surface area contributed by atoms with Gasteiger partial charge in [-0.25, -0.2) is 0 Å². The zero-order chi connectivity index (χ0) is 15.7. The Morgan fingerprint density at radius 2 is 2.05 bits per heavy atom. The third-order valence-electron chi connectivity index (χ3n) is 4.62. The lowest BCUT2D eigenvalue weighted by Crippen LogP contribution is -2.21. The lowest BCUT2D eigenvalue weighted by Gasteiger charge is -2.27. The monoisotopic (exact) mass is 309 g/mol. The van der Waals surface area contributed by atoms with E-state index in [4.69, 9.17) is 18.0 Å². The largest absolute Gasteiger partial charge is 0.384 e. The SMILES string of the molecule is Cn1c(N)c(C#N)c2c(c1=S)CC(Cc1ccccc1)CC2. The average Bonchev–Trinajstić information content (AvgIpc) is 2.55. The van der Waals surface area contributed by atoms with E-state index in [9.17, 15) is 5.26 Å². The lowest BCUT2D eigenvalue weighted by molar-refractivity contribution is 0.452. The van der Waals surface area contributed by atoms with Crippen molar-refractivity contribution in [1.82, 2.24) is 4.57 Å². The van der Waals surface area contributed by atoms with E-state index in [-0.39, 0.29) is 0 Å². The number of anilines is 1. The van der Waals surface area contributed by atoms with Crippen LogP contribution in [0.3, 0.4) is 0 Å². The summed E-state index contributed by atoms with van der Waals surface area (Å²) >= 11 is 5.57. The van der Waals surface area contributed by atoms with Gasteiger partial charge in [-0.2, -0.15) is 5.26 Å². The molecule has 0 amide bonds. The number of pyridine rings is 1. The summed E-state index contributed by atoms with van der Waals surface area (Å²) in [6, 6.07) is 12.8. The quantitative estimate of drug-likeness (QED) is 0.863. The molecule has 1 heterocycles. The first kappa shape index (κ1) is 14.8. The smallest absolute Gasteiger partial charge is 0.122 e. The fraction of sp³-hybridized carbons (Fsp3) is 0.333. The van der Waals surface area contributed by atoms with E-state index in [0.29, 0.717) is 17.3 Å². The van der Waals surface area contributed by atoms with Crippen LogP contribution in [0.5, 0.6) is 0 Å². The molecular weight excluding hydrogens is 290 g/mol. The van der Waals surface area contributed by atoms with Crippen molar-refractivity contribution in [1.29, 1.82) is 5.26 Å². The molecule has 0 spiro atoms. The second kappa shape index (κ2) is 5.94. The summed E-state index contributed by atoms with van der Waals surface area (Å²) in [5, 5.41) is 9.41. The molecule has 1 aliphatic carbocycles. The molecule has 0 radical (unpaired) electrons. The van der Waals surface area contributed by atoms with Crippen molar-refractivity contribution in [2.24, 2.45) is 13.0 Å². The Balaban J connectivity index is 1.95. The fourth-order valence-electron chi connectivity index (χ4n) is 3.39. The molecule has 112 valence electrons. The third kappa shape index (κ3) is 2.53. The Morgan fingerprint density at radius 1 is 1.32 bits per heavy atom. The van der Waals surface area contributed by atoms with Crippen LogP contribution in [-0.2, 0) is 26.3 Å². The molecule has 0 saturated carbocycles. The molecule has 0 saturated heterocycles. The molecule has 1 aromatic heterocycles. The van der Waals surface area contributed by atoms with Gasteiger partial charge in [-0.15, -0.1) is 0 Å². The van der Waals surface area contributed by atoms with E-state index in [0.717, 1.165) is 41.5 Å². The van der Waals surface area contributed by atoms with Crippen molar-refractivity contribution in [3.63, 3.8) is 0 Å². The number of nitrogen functional groups attached to an aromatic ring is 1. The van der Waals surface area contributed by atoms with Crippen LogP contribution in [0.4, 0.5) is 5.82 Å². The highest BCUT2D eigenvalue weighted by molar-refractivity contribution is 7.71. The Morgan fingerprint density at radius 3 is 2.73 bits per heavy atom. The molecule has 0 bridgehead atoms. The van der Waals surface area contributed by atoms with Crippen LogP contribution in [0.1, 0.15) is 28.7 Å². The standard InChI is InChI=1S/C18H19N3S/c1-21-17(20)16(11-19)14-8-7-13(10-15(14)18(21)22)9-12-5-3-2-4-6-12/h2-6,13H,7-10,20H2,1H3. The van der Waals surface area contributed by atoms with Gasteiger partial charge in [-0.3, -0.25) is 0 Å². The van der Waals surface area contributed by atoms with Crippen LogP contribution < -0.4 is 5.73 Å². The normalized spacial score (nSPS) is 16.8. The van der Waals surface area contributed by atoms with E-state index in [1.807, 2.05) is 13.1 Å². The van der Waals surface area contributed by atoms with Crippen molar-refractivity contribution >= 4 is 18.0 Å². The number of hydrogen-bond acceptors (Lipinski definition) is 3. The number of rotatable bonds is 2. The van der Waals surface area contributed by atoms with Gasteiger partial charge in [-0.1, -0.05) is 42.5 Å². The summed E-state index contributed by atoms with van der Waals surface area (Å²) in [5.41, 5.74) is 10.3. The minimum atomic E-state index is 0.493. The molecule has 1 aliphatic rings. The van der Waals surface area contributed by atoms with Gasteiger partial charge in [0, 0.05) is 7.05 Å². The molecule has 1 aromatic carbocycles. The maximum Gasteiger partial charge on any atom is 0.122 e. The molecular formula is C18H19N3S. The van der Waals surface area contributed by atoms with Crippen molar-refractivity contribution in [2.75, 3.05) is 5.73 Å². The zero-order valence-electron chi connectivity index (χ0n) is 12.7. The summed E-state index contributed by atoms with van der Waals surface area (Å²) < 4.78 is 2.56. The molecule has 0 fully saturated rings. The zero-order valence-corrected chi connectivity index (χ0v) is 13.5. The Bertz CT molecular complexity index is 800. The summed E-state index contributed by atoms with van der Waals surface area (Å²) in [7, 11) is 1.85. The minimum Gasteiger partial charge on any atom is -0.384 e. The number of aromatic nitrogens is 1. The third-order valence-corrected chi connectivity index (χ3v) is 5.14. The van der Waals surface area contributed by atoms with Crippen LogP contribution in [0, 0.1) is 21.9 Å². The van der Waals surface area contributed by atoms with E-state index in [2.05, 4.69) is 30.3 Å². The molecule has 22 heavy (non-hydrogen) atoms. The number of fused-ring (bicyclic) bond motifs is 1. The average molecular weight is 309 g/mol. The van der Waals surface area contributed by atoms with Crippen LogP contribution in [0.2, 0.25) is 0 Å². The molecule has 1 unspecified atom stereocenters. The van der Waals surface area contributed by atoms with Crippen molar-refractivity contribution in [3.05, 3.63) is 57.2 Å². The van der Waals surface area contributed by atoms with Gasteiger partial charge in [0.05, 0.1) is 5.56 Å². The highest BCUT2D eigenvalue weighted by atomic mass is 32.1. The van der Waals surface area contributed by atoms with Crippen molar-refractivity contribution in [2.45, 2.75) is 25.7 Å². The van der Waals surface area contributed by atoms with Gasteiger partial charge in [0.15, 0.2) is 0 Å². The Labute approximate surface area is 136 Å². The first-order valence-corrected chi connectivity index (χ1v) is 7.97. The number of benzene rings is 1. The van der Waals surface area contributed by atoms with E-state index < -0.39 is 0 Å². The predicted octanol–water partition coefficient (Wildman–Crippen LogP) is 3.56.